The standard InChI is InChI=1S/C19H36N2/c1-3-6-15-9-11-17(12-10-15)21-18-7-5-8-19(21)14-16(13-18)20-4-2/h15-20H,3-14H2,1-2H3. The van der Waals surface area contributed by atoms with Gasteiger partial charge in [0.25, 0.3) is 0 Å². The monoisotopic (exact) mass is 292 g/mol. The molecule has 1 saturated carbocycles. The molecule has 0 radical (unpaired) electrons. The highest BCUT2D eigenvalue weighted by Gasteiger charge is 2.41. The zero-order chi connectivity index (χ0) is 14.7. The molecule has 2 unspecified atom stereocenters. The highest BCUT2D eigenvalue weighted by Crippen LogP contribution is 2.40. The molecule has 0 aromatic carbocycles. The fourth-order valence-corrected chi connectivity index (χ4v) is 5.61. The van der Waals surface area contributed by atoms with Crippen LogP contribution in [0.1, 0.15) is 84.5 Å². The smallest absolute Gasteiger partial charge is 0.0116 e. The van der Waals surface area contributed by atoms with Crippen molar-refractivity contribution in [3.8, 4) is 0 Å². The fraction of sp³-hybridized carbons (Fsp3) is 1.00. The van der Waals surface area contributed by atoms with E-state index in [1.54, 1.807) is 0 Å². The van der Waals surface area contributed by atoms with E-state index in [1.165, 1.54) is 70.6 Å². The quantitative estimate of drug-likeness (QED) is 0.811. The van der Waals surface area contributed by atoms with Gasteiger partial charge in [0.2, 0.25) is 0 Å². The average molecular weight is 293 g/mol. The van der Waals surface area contributed by atoms with Crippen molar-refractivity contribution in [2.24, 2.45) is 5.92 Å². The molecule has 3 fully saturated rings. The van der Waals surface area contributed by atoms with Gasteiger partial charge in [-0.05, 0) is 63.8 Å². The highest BCUT2D eigenvalue weighted by molar-refractivity contribution is 4.98. The highest BCUT2D eigenvalue weighted by atomic mass is 15.2. The number of nitrogens with zero attached hydrogens (tertiary/aromatic N) is 1. The summed E-state index contributed by atoms with van der Waals surface area (Å²) in [5, 5.41) is 3.73. The second kappa shape index (κ2) is 7.46. The summed E-state index contributed by atoms with van der Waals surface area (Å²) in [4.78, 5) is 3.01. The van der Waals surface area contributed by atoms with E-state index in [1.807, 2.05) is 0 Å². The first-order chi connectivity index (χ1) is 10.3. The Morgan fingerprint density at radius 2 is 1.52 bits per heavy atom. The van der Waals surface area contributed by atoms with Crippen molar-refractivity contribution in [2.75, 3.05) is 6.54 Å². The van der Waals surface area contributed by atoms with Gasteiger partial charge in [0.15, 0.2) is 0 Å². The van der Waals surface area contributed by atoms with Crippen LogP contribution < -0.4 is 5.32 Å². The molecule has 1 aliphatic carbocycles. The maximum atomic E-state index is 3.73. The molecule has 2 atom stereocenters. The lowest BCUT2D eigenvalue weighted by Crippen LogP contribution is -2.60. The summed E-state index contributed by atoms with van der Waals surface area (Å²) in [7, 11) is 0. The predicted octanol–water partition coefficient (Wildman–Crippen LogP) is 4.34. The molecular weight excluding hydrogens is 256 g/mol. The maximum Gasteiger partial charge on any atom is 0.0116 e. The third-order valence-electron chi connectivity index (χ3n) is 6.46. The first-order valence-corrected chi connectivity index (χ1v) is 9.82. The minimum atomic E-state index is 0.804. The van der Waals surface area contributed by atoms with Crippen LogP contribution in [0.25, 0.3) is 0 Å². The number of hydrogen-bond acceptors (Lipinski definition) is 2. The van der Waals surface area contributed by atoms with Crippen LogP contribution in [-0.4, -0.2) is 35.6 Å². The van der Waals surface area contributed by atoms with Crippen LogP contribution in [0.4, 0.5) is 0 Å². The lowest BCUT2D eigenvalue weighted by Gasteiger charge is -2.53. The first-order valence-electron chi connectivity index (χ1n) is 9.82. The Morgan fingerprint density at radius 3 is 2.10 bits per heavy atom. The maximum absolute atomic E-state index is 3.73. The van der Waals surface area contributed by atoms with Crippen molar-refractivity contribution in [1.29, 1.82) is 0 Å². The van der Waals surface area contributed by atoms with E-state index >= 15 is 0 Å². The molecular formula is C19H36N2. The molecule has 3 aliphatic rings. The van der Waals surface area contributed by atoms with Gasteiger partial charge < -0.3 is 5.32 Å². The zero-order valence-corrected chi connectivity index (χ0v) is 14.3. The molecule has 21 heavy (non-hydrogen) atoms. The summed E-state index contributed by atoms with van der Waals surface area (Å²) in [6, 6.07) is 3.53. The number of rotatable bonds is 5. The second-order valence-electron chi connectivity index (χ2n) is 7.87. The molecule has 2 nitrogen and oxygen atoms in total. The molecule has 2 bridgehead atoms. The van der Waals surface area contributed by atoms with E-state index in [2.05, 4.69) is 24.1 Å². The number of piperidine rings is 2. The van der Waals surface area contributed by atoms with Crippen LogP contribution in [-0.2, 0) is 0 Å². The van der Waals surface area contributed by atoms with Gasteiger partial charge in [0.1, 0.15) is 0 Å². The van der Waals surface area contributed by atoms with E-state index in [0.717, 1.165) is 36.6 Å². The zero-order valence-electron chi connectivity index (χ0n) is 14.3. The Labute approximate surface area is 132 Å². The first kappa shape index (κ1) is 15.8. The van der Waals surface area contributed by atoms with E-state index < -0.39 is 0 Å². The van der Waals surface area contributed by atoms with Gasteiger partial charge in [-0.25, -0.2) is 0 Å². The Hall–Kier alpha value is -0.0800. The lowest BCUT2D eigenvalue weighted by molar-refractivity contribution is -0.0266. The van der Waals surface area contributed by atoms with Gasteiger partial charge in [-0.15, -0.1) is 0 Å². The van der Waals surface area contributed by atoms with E-state index in [4.69, 9.17) is 0 Å². The molecule has 122 valence electrons. The molecule has 2 saturated heterocycles. The Bertz CT molecular complexity index is 295. The number of nitrogens with one attached hydrogen (secondary N) is 1. The van der Waals surface area contributed by atoms with Gasteiger partial charge in [-0.1, -0.05) is 33.1 Å². The predicted molar refractivity (Wildman–Crippen MR) is 90.6 cm³/mol. The number of fused-ring (bicyclic) bond motifs is 2. The topological polar surface area (TPSA) is 15.3 Å². The fourth-order valence-electron chi connectivity index (χ4n) is 5.61. The largest absolute Gasteiger partial charge is 0.314 e. The van der Waals surface area contributed by atoms with Crippen LogP contribution in [0.3, 0.4) is 0 Å². The summed E-state index contributed by atoms with van der Waals surface area (Å²) in [5.74, 6) is 1.05. The van der Waals surface area contributed by atoms with Crippen molar-refractivity contribution in [1.82, 2.24) is 10.2 Å². The van der Waals surface area contributed by atoms with Crippen molar-refractivity contribution < 1.29 is 0 Å². The van der Waals surface area contributed by atoms with Gasteiger partial charge in [-0.3, -0.25) is 4.90 Å². The van der Waals surface area contributed by atoms with Gasteiger partial charge >= 0.3 is 0 Å². The Morgan fingerprint density at radius 1 is 0.857 bits per heavy atom. The van der Waals surface area contributed by atoms with Crippen LogP contribution >= 0.6 is 0 Å². The summed E-state index contributed by atoms with van der Waals surface area (Å²) in [6.45, 7) is 5.76. The van der Waals surface area contributed by atoms with Crippen LogP contribution in [0.15, 0.2) is 0 Å². The second-order valence-corrected chi connectivity index (χ2v) is 7.87. The van der Waals surface area contributed by atoms with E-state index in [-0.39, 0.29) is 0 Å². The Balaban J connectivity index is 1.58. The van der Waals surface area contributed by atoms with Crippen LogP contribution in [0.5, 0.6) is 0 Å². The van der Waals surface area contributed by atoms with Gasteiger partial charge in [0, 0.05) is 24.2 Å². The number of hydrogen-bond donors (Lipinski definition) is 1. The summed E-state index contributed by atoms with van der Waals surface area (Å²) >= 11 is 0. The molecule has 2 aliphatic heterocycles. The third-order valence-corrected chi connectivity index (χ3v) is 6.46. The third kappa shape index (κ3) is 3.64. The molecule has 2 heteroatoms. The molecule has 0 aromatic heterocycles. The minimum Gasteiger partial charge on any atom is -0.314 e. The van der Waals surface area contributed by atoms with Gasteiger partial charge in [-0.2, -0.15) is 0 Å². The van der Waals surface area contributed by atoms with E-state index in [0.29, 0.717) is 0 Å². The molecule has 3 rings (SSSR count). The Kier molecular flexibility index (Phi) is 5.61. The van der Waals surface area contributed by atoms with E-state index in [9.17, 15) is 0 Å². The molecule has 0 aromatic rings. The molecule has 1 N–H and O–H groups in total. The summed E-state index contributed by atoms with van der Waals surface area (Å²) in [6.07, 6.45) is 16.1. The van der Waals surface area contributed by atoms with Crippen molar-refractivity contribution in [2.45, 2.75) is 109 Å². The minimum absolute atomic E-state index is 0.804. The van der Waals surface area contributed by atoms with Crippen molar-refractivity contribution in [3.63, 3.8) is 0 Å². The van der Waals surface area contributed by atoms with Crippen molar-refractivity contribution in [3.05, 3.63) is 0 Å². The molecule has 0 spiro atoms. The SMILES string of the molecule is CCCC1CCC(N2C3CCCC2CC(NCC)C3)CC1. The molecule has 2 heterocycles. The van der Waals surface area contributed by atoms with Crippen LogP contribution in [0.2, 0.25) is 0 Å². The summed E-state index contributed by atoms with van der Waals surface area (Å²) in [5.41, 5.74) is 0. The average Bonchev–Trinajstić information content (AvgIpc) is 2.48. The van der Waals surface area contributed by atoms with Gasteiger partial charge in [0.05, 0.1) is 0 Å². The lowest BCUT2D eigenvalue weighted by atomic mass is 9.76. The normalized spacial score (nSPS) is 41.1. The van der Waals surface area contributed by atoms with Crippen molar-refractivity contribution >= 4 is 0 Å². The molecule has 0 amide bonds. The summed E-state index contributed by atoms with van der Waals surface area (Å²) < 4.78 is 0. The van der Waals surface area contributed by atoms with Crippen LogP contribution in [0, 0.1) is 5.92 Å².